The zero-order chi connectivity index (χ0) is 13.0. The molecule has 0 unspecified atom stereocenters. The van der Waals surface area contributed by atoms with Crippen molar-refractivity contribution < 1.29 is 0 Å². The van der Waals surface area contributed by atoms with Crippen molar-refractivity contribution in [3.63, 3.8) is 0 Å². The first-order chi connectivity index (χ1) is 8.74. The molecule has 0 aromatic heterocycles. The van der Waals surface area contributed by atoms with E-state index in [1.807, 2.05) is 0 Å². The SMILES string of the molecule is CCN1CCN(c2ccc(CCN)cc2Cl)CC1. The minimum absolute atomic E-state index is 0.671. The molecule has 1 saturated heterocycles. The van der Waals surface area contributed by atoms with Crippen molar-refractivity contribution >= 4 is 17.3 Å². The molecular formula is C14H22ClN3. The Kier molecular flexibility index (Phi) is 4.87. The highest BCUT2D eigenvalue weighted by Crippen LogP contribution is 2.27. The molecule has 2 N–H and O–H groups in total. The Morgan fingerprint density at radius 3 is 2.50 bits per heavy atom. The van der Waals surface area contributed by atoms with Gasteiger partial charge < -0.3 is 15.5 Å². The number of likely N-dealkylation sites (N-methyl/N-ethyl adjacent to an activating group) is 1. The van der Waals surface area contributed by atoms with Crippen molar-refractivity contribution in [1.82, 2.24) is 4.90 Å². The summed E-state index contributed by atoms with van der Waals surface area (Å²) in [6.45, 7) is 8.38. The van der Waals surface area contributed by atoms with Gasteiger partial charge in [-0.05, 0) is 37.2 Å². The Morgan fingerprint density at radius 2 is 1.94 bits per heavy atom. The van der Waals surface area contributed by atoms with Gasteiger partial charge in [0.1, 0.15) is 0 Å². The average Bonchev–Trinajstić information content (AvgIpc) is 2.40. The number of hydrogen-bond donors (Lipinski definition) is 1. The summed E-state index contributed by atoms with van der Waals surface area (Å²) in [7, 11) is 0. The fourth-order valence-corrected chi connectivity index (χ4v) is 2.76. The van der Waals surface area contributed by atoms with E-state index >= 15 is 0 Å². The number of benzene rings is 1. The Morgan fingerprint density at radius 1 is 1.22 bits per heavy atom. The van der Waals surface area contributed by atoms with E-state index < -0.39 is 0 Å². The largest absolute Gasteiger partial charge is 0.368 e. The van der Waals surface area contributed by atoms with Crippen LogP contribution in [0.1, 0.15) is 12.5 Å². The Balaban J connectivity index is 2.05. The summed E-state index contributed by atoms with van der Waals surface area (Å²) in [6, 6.07) is 6.32. The fourth-order valence-electron chi connectivity index (χ4n) is 2.43. The van der Waals surface area contributed by atoms with Gasteiger partial charge in [0.15, 0.2) is 0 Å². The molecule has 1 heterocycles. The first-order valence-corrected chi connectivity index (χ1v) is 7.08. The second-order valence-corrected chi connectivity index (χ2v) is 5.15. The number of anilines is 1. The molecule has 0 atom stereocenters. The molecule has 0 bridgehead atoms. The highest BCUT2D eigenvalue weighted by Gasteiger charge is 2.17. The summed E-state index contributed by atoms with van der Waals surface area (Å²) in [5.41, 5.74) is 7.94. The van der Waals surface area contributed by atoms with E-state index in [-0.39, 0.29) is 0 Å². The summed E-state index contributed by atoms with van der Waals surface area (Å²) in [5.74, 6) is 0. The number of piperazine rings is 1. The van der Waals surface area contributed by atoms with Crippen LogP contribution >= 0.6 is 11.6 Å². The molecular weight excluding hydrogens is 246 g/mol. The van der Waals surface area contributed by atoms with E-state index in [4.69, 9.17) is 17.3 Å². The van der Waals surface area contributed by atoms with Crippen molar-refractivity contribution in [3.8, 4) is 0 Å². The number of nitrogens with two attached hydrogens (primary N) is 1. The molecule has 1 aliphatic rings. The third-order valence-corrected chi connectivity index (χ3v) is 3.91. The molecule has 1 aliphatic heterocycles. The van der Waals surface area contributed by atoms with Crippen LogP contribution in [-0.2, 0) is 6.42 Å². The molecule has 100 valence electrons. The fraction of sp³-hybridized carbons (Fsp3) is 0.571. The van der Waals surface area contributed by atoms with Crippen LogP contribution in [0.15, 0.2) is 18.2 Å². The van der Waals surface area contributed by atoms with Crippen LogP contribution in [-0.4, -0.2) is 44.2 Å². The van der Waals surface area contributed by atoms with E-state index in [1.165, 1.54) is 5.56 Å². The van der Waals surface area contributed by atoms with E-state index in [0.29, 0.717) is 6.54 Å². The van der Waals surface area contributed by atoms with Crippen LogP contribution in [0, 0.1) is 0 Å². The van der Waals surface area contributed by atoms with Crippen molar-refractivity contribution in [2.24, 2.45) is 5.73 Å². The summed E-state index contributed by atoms with van der Waals surface area (Å²) >= 11 is 6.37. The maximum atomic E-state index is 6.37. The van der Waals surface area contributed by atoms with Crippen LogP contribution in [0.25, 0.3) is 0 Å². The summed E-state index contributed by atoms with van der Waals surface area (Å²) in [5, 5.41) is 0.853. The summed E-state index contributed by atoms with van der Waals surface area (Å²) in [6.07, 6.45) is 0.892. The first-order valence-electron chi connectivity index (χ1n) is 6.70. The number of halogens is 1. The summed E-state index contributed by atoms with van der Waals surface area (Å²) < 4.78 is 0. The minimum atomic E-state index is 0.671. The molecule has 1 aromatic rings. The van der Waals surface area contributed by atoms with E-state index in [9.17, 15) is 0 Å². The Hall–Kier alpha value is -0.770. The Bertz CT molecular complexity index is 387. The van der Waals surface area contributed by atoms with E-state index in [1.54, 1.807) is 0 Å². The third kappa shape index (κ3) is 3.16. The number of nitrogens with zero attached hydrogens (tertiary/aromatic N) is 2. The predicted octanol–water partition coefficient (Wildman–Crippen LogP) is 1.98. The van der Waals surface area contributed by atoms with E-state index in [0.717, 1.165) is 49.9 Å². The van der Waals surface area contributed by atoms with Gasteiger partial charge in [-0.2, -0.15) is 0 Å². The van der Waals surface area contributed by atoms with Gasteiger partial charge >= 0.3 is 0 Å². The van der Waals surface area contributed by atoms with Gasteiger partial charge in [0.25, 0.3) is 0 Å². The topological polar surface area (TPSA) is 32.5 Å². The van der Waals surface area contributed by atoms with Crippen LogP contribution in [0.2, 0.25) is 5.02 Å². The molecule has 1 aromatic carbocycles. The van der Waals surface area contributed by atoms with Crippen molar-refractivity contribution in [1.29, 1.82) is 0 Å². The van der Waals surface area contributed by atoms with Crippen LogP contribution in [0.4, 0.5) is 5.69 Å². The highest BCUT2D eigenvalue weighted by atomic mass is 35.5. The second kappa shape index (κ2) is 6.41. The monoisotopic (exact) mass is 267 g/mol. The van der Waals surface area contributed by atoms with Crippen LogP contribution < -0.4 is 10.6 Å². The normalized spacial score (nSPS) is 17.2. The molecule has 0 radical (unpaired) electrons. The molecule has 1 fully saturated rings. The predicted molar refractivity (Wildman–Crippen MR) is 78.5 cm³/mol. The average molecular weight is 268 g/mol. The number of hydrogen-bond acceptors (Lipinski definition) is 3. The lowest BCUT2D eigenvalue weighted by molar-refractivity contribution is 0.271. The van der Waals surface area contributed by atoms with Crippen molar-refractivity contribution in [3.05, 3.63) is 28.8 Å². The standard InChI is InChI=1S/C14H22ClN3/c1-2-17-7-9-18(10-8-17)14-4-3-12(5-6-16)11-13(14)15/h3-4,11H,2,5-10,16H2,1H3. The van der Waals surface area contributed by atoms with Gasteiger partial charge in [-0.3, -0.25) is 0 Å². The molecule has 3 nitrogen and oxygen atoms in total. The lowest BCUT2D eigenvalue weighted by Gasteiger charge is -2.36. The molecule has 2 rings (SSSR count). The zero-order valence-corrected chi connectivity index (χ0v) is 11.8. The van der Waals surface area contributed by atoms with Gasteiger partial charge in [-0.15, -0.1) is 0 Å². The van der Waals surface area contributed by atoms with Crippen LogP contribution in [0.3, 0.4) is 0 Å². The molecule has 4 heteroatoms. The highest BCUT2D eigenvalue weighted by molar-refractivity contribution is 6.33. The van der Waals surface area contributed by atoms with Crippen LogP contribution in [0.5, 0.6) is 0 Å². The smallest absolute Gasteiger partial charge is 0.0642 e. The molecule has 0 saturated carbocycles. The van der Waals surface area contributed by atoms with E-state index in [2.05, 4.69) is 34.9 Å². The molecule has 0 amide bonds. The Labute approximate surface area is 115 Å². The maximum absolute atomic E-state index is 6.37. The zero-order valence-electron chi connectivity index (χ0n) is 11.0. The molecule has 0 spiro atoms. The molecule has 18 heavy (non-hydrogen) atoms. The van der Waals surface area contributed by atoms with Crippen molar-refractivity contribution in [2.45, 2.75) is 13.3 Å². The lowest BCUT2D eigenvalue weighted by Crippen LogP contribution is -2.46. The van der Waals surface area contributed by atoms with Gasteiger partial charge in [0.05, 0.1) is 10.7 Å². The molecule has 0 aliphatic carbocycles. The lowest BCUT2D eigenvalue weighted by atomic mass is 10.1. The minimum Gasteiger partial charge on any atom is -0.368 e. The maximum Gasteiger partial charge on any atom is 0.0642 e. The first kappa shape index (κ1) is 13.7. The third-order valence-electron chi connectivity index (χ3n) is 3.61. The number of rotatable bonds is 4. The van der Waals surface area contributed by atoms with Gasteiger partial charge in [-0.25, -0.2) is 0 Å². The van der Waals surface area contributed by atoms with Crippen molar-refractivity contribution in [2.75, 3.05) is 44.2 Å². The quantitative estimate of drug-likeness (QED) is 0.906. The van der Waals surface area contributed by atoms with Gasteiger partial charge in [-0.1, -0.05) is 24.6 Å². The second-order valence-electron chi connectivity index (χ2n) is 4.75. The van der Waals surface area contributed by atoms with Gasteiger partial charge in [0, 0.05) is 26.2 Å². The summed E-state index contributed by atoms with van der Waals surface area (Å²) in [4.78, 5) is 4.84. The van der Waals surface area contributed by atoms with Gasteiger partial charge in [0.2, 0.25) is 0 Å².